The molecule has 18 heavy (non-hydrogen) atoms. The van der Waals surface area contributed by atoms with Crippen LogP contribution in [-0.4, -0.2) is 24.1 Å². The van der Waals surface area contributed by atoms with Gasteiger partial charge in [-0.25, -0.2) is 5.06 Å². The van der Waals surface area contributed by atoms with Gasteiger partial charge in [0.05, 0.1) is 6.54 Å². The Labute approximate surface area is 113 Å². The van der Waals surface area contributed by atoms with Gasteiger partial charge in [0.15, 0.2) is 0 Å². The molecule has 1 aliphatic rings. The molecule has 0 fully saturated rings. The average Bonchev–Trinajstić information content (AvgIpc) is 2.81. The summed E-state index contributed by atoms with van der Waals surface area (Å²) in [6.07, 6.45) is 2.25. The van der Waals surface area contributed by atoms with Crippen LogP contribution < -0.4 is 5.48 Å². The van der Waals surface area contributed by atoms with E-state index in [0.717, 1.165) is 10.2 Å². The fourth-order valence-corrected chi connectivity index (χ4v) is 1.88. The minimum absolute atomic E-state index is 0.222. The van der Waals surface area contributed by atoms with Crippen molar-refractivity contribution < 1.29 is 14.5 Å². The number of hydroxylamine groups is 3. The number of amides is 1. The van der Waals surface area contributed by atoms with E-state index in [2.05, 4.69) is 21.4 Å². The predicted octanol–water partition coefficient (Wildman–Crippen LogP) is 1.72. The quantitative estimate of drug-likeness (QED) is 0.493. The lowest BCUT2D eigenvalue weighted by Crippen LogP contribution is -2.31. The van der Waals surface area contributed by atoms with Crippen LogP contribution in [0.1, 0.15) is 5.56 Å². The molecule has 0 radical (unpaired) electrons. The van der Waals surface area contributed by atoms with E-state index in [1.807, 2.05) is 36.4 Å². The monoisotopic (exact) mass is 312 g/mol. The Morgan fingerprint density at radius 1 is 1.44 bits per heavy atom. The molecule has 0 spiro atoms. The molecule has 1 aromatic rings. The zero-order chi connectivity index (χ0) is 12.8. The Hall–Kier alpha value is -1.37. The first kappa shape index (κ1) is 13.1. The lowest BCUT2D eigenvalue weighted by molar-refractivity contribution is -0.185. The molecular weight excluding hydrogens is 300 g/mol. The molecule has 1 aromatic carbocycles. The molecule has 1 unspecified atom stereocenters. The van der Waals surface area contributed by atoms with Gasteiger partial charge in [-0.2, -0.15) is 0 Å². The van der Waals surface area contributed by atoms with Crippen LogP contribution in [0.5, 0.6) is 0 Å². The zero-order valence-electron chi connectivity index (χ0n) is 9.58. The first-order valence-electron chi connectivity index (χ1n) is 5.45. The first-order valence-corrected chi connectivity index (χ1v) is 6.25. The first-order chi connectivity index (χ1) is 8.78. The summed E-state index contributed by atoms with van der Waals surface area (Å²) in [6.45, 7) is 0.684. The number of rotatable bonds is 6. The maximum Gasteiger partial charge on any atom is 0.233 e. The molecule has 1 aliphatic heterocycles. The van der Waals surface area contributed by atoms with Gasteiger partial charge in [0.1, 0.15) is 17.3 Å². The second-order valence-corrected chi connectivity index (χ2v) is 4.59. The average molecular weight is 313 g/mol. The third-order valence-corrected chi connectivity index (χ3v) is 2.78. The Morgan fingerprint density at radius 2 is 2.22 bits per heavy atom. The molecule has 1 atom stereocenters. The Bertz CT molecular complexity index is 425. The Morgan fingerprint density at radius 3 is 2.83 bits per heavy atom. The van der Waals surface area contributed by atoms with Crippen LogP contribution in [0, 0.1) is 0 Å². The number of benzene rings is 1. The Kier molecular flexibility index (Phi) is 4.74. The highest BCUT2D eigenvalue weighted by atomic mass is 79.9. The number of halogens is 1. The molecular formula is C12H13BrN2O3. The van der Waals surface area contributed by atoms with E-state index in [9.17, 15) is 4.79 Å². The molecule has 0 aliphatic carbocycles. The number of nitrogens with one attached hydrogen (secondary N) is 1. The fraction of sp³-hybridized carbons (Fsp3) is 0.250. The van der Waals surface area contributed by atoms with Gasteiger partial charge in [-0.1, -0.05) is 30.3 Å². The molecule has 96 valence electrons. The largest absolute Gasteiger partial charge is 0.276 e. The van der Waals surface area contributed by atoms with Crippen LogP contribution in [0.4, 0.5) is 0 Å². The van der Waals surface area contributed by atoms with Gasteiger partial charge in [-0.3, -0.25) is 19.9 Å². The van der Waals surface area contributed by atoms with E-state index < -0.39 is 0 Å². The van der Waals surface area contributed by atoms with Crippen molar-refractivity contribution in [3.05, 3.63) is 46.6 Å². The van der Waals surface area contributed by atoms with Gasteiger partial charge < -0.3 is 0 Å². The van der Waals surface area contributed by atoms with Gasteiger partial charge >= 0.3 is 0 Å². The van der Waals surface area contributed by atoms with Crippen molar-refractivity contribution in [3.8, 4) is 0 Å². The minimum atomic E-state index is -0.222. The highest BCUT2D eigenvalue weighted by molar-refractivity contribution is 9.11. The van der Waals surface area contributed by atoms with Crippen LogP contribution >= 0.6 is 15.9 Å². The van der Waals surface area contributed by atoms with E-state index >= 15 is 0 Å². The summed E-state index contributed by atoms with van der Waals surface area (Å²) < 4.78 is 0.751. The van der Waals surface area contributed by atoms with Crippen molar-refractivity contribution in [3.63, 3.8) is 0 Å². The smallest absolute Gasteiger partial charge is 0.233 e. The summed E-state index contributed by atoms with van der Waals surface area (Å²) in [5.74, 6) is 0. The molecule has 0 aromatic heterocycles. The van der Waals surface area contributed by atoms with Crippen LogP contribution in [0.2, 0.25) is 0 Å². The normalized spacial score (nSPS) is 18.1. The summed E-state index contributed by atoms with van der Waals surface area (Å²) in [7, 11) is 0. The van der Waals surface area contributed by atoms with E-state index in [-0.39, 0.29) is 6.10 Å². The molecule has 1 amide bonds. The molecule has 0 saturated heterocycles. The maximum absolute atomic E-state index is 10.9. The fourth-order valence-electron chi connectivity index (χ4n) is 1.49. The highest BCUT2D eigenvalue weighted by Crippen LogP contribution is 2.13. The number of hydrogen-bond acceptors (Lipinski definition) is 4. The van der Waals surface area contributed by atoms with Gasteiger partial charge in [-0.05, 0) is 27.6 Å². The van der Waals surface area contributed by atoms with Crippen molar-refractivity contribution >= 4 is 22.3 Å². The second-order valence-electron chi connectivity index (χ2n) is 3.74. The maximum atomic E-state index is 10.9. The number of carbonyl (C=O) groups is 1. The van der Waals surface area contributed by atoms with Crippen molar-refractivity contribution in [2.24, 2.45) is 0 Å². The van der Waals surface area contributed by atoms with Gasteiger partial charge in [0.25, 0.3) is 0 Å². The highest BCUT2D eigenvalue weighted by Gasteiger charge is 2.18. The van der Waals surface area contributed by atoms with E-state index in [4.69, 9.17) is 9.68 Å². The molecule has 1 N–H and O–H groups in total. The van der Waals surface area contributed by atoms with E-state index in [1.165, 1.54) is 5.06 Å². The second kappa shape index (κ2) is 6.53. The topological polar surface area (TPSA) is 50.8 Å². The van der Waals surface area contributed by atoms with Crippen molar-refractivity contribution in [1.82, 2.24) is 10.5 Å². The third kappa shape index (κ3) is 3.83. The molecule has 0 bridgehead atoms. The summed E-state index contributed by atoms with van der Waals surface area (Å²) >= 11 is 3.24. The van der Waals surface area contributed by atoms with Gasteiger partial charge in [0.2, 0.25) is 6.41 Å². The van der Waals surface area contributed by atoms with Crippen LogP contribution in [-0.2, 0) is 21.1 Å². The number of carbonyl (C=O) groups excluding carboxylic acids is 1. The van der Waals surface area contributed by atoms with E-state index in [0.29, 0.717) is 19.6 Å². The summed E-state index contributed by atoms with van der Waals surface area (Å²) in [4.78, 5) is 21.5. The predicted molar refractivity (Wildman–Crippen MR) is 69.0 cm³/mol. The summed E-state index contributed by atoms with van der Waals surface area (Å²) in [5.41, 5.74) is 3.66. The lowest BCUT2D eigenvalue weighted by atomic mass is 10.2. The number of hydrogen-bond donors (Lipinski definition) is 1. The zero-order valence-corrected chi connectivity index (χ0v) is 11.2. The Balaban J connectivity index is 1.81. The van der Waals surface area contributed by atoms with Gasteiger partial charge in [0, 0.05) is 0 Å². The lowest BCUT2D eigenvalue weighted by Gasteiger charge is -2.19. The molecule has 0 saturated carbocycles. The summed E-state index contributed by atoms with van der Waals surface area (Å²) in [5, 5.41) is 1.22. The standard InChI is InChI=1S/C12H13BrN2O3/c13-12-6-11(18-14-12)7-15(9-16)17-8-10-4-2-1-3-5-10/h1-6,9,11,14H,7-8H2. The van der Waals surface area contributed by atoms with Crippen molar-refractivity contribution in [1.29, 1.82) is 0 Å². The van der Waals surface area contributed by atoms with Gasteiger partial charge in [-0.15, -0.1) is 0 Å². The molecule has 5 nitrogen and oxygen atoms in total. The summed E-state index contributed by atoms with van der Waals surface area (Å²) in [6, 6.07) is 9.66. The van der Waals surface area contributed by atoms with Crippen LogP contribution in [0.3, 0.4) is 0 Å². The minimum Gasteiger partial charge on any atom is -0.276 e. The number of nitrogens with zero attached hydrogens (tertiary/aromatic N) is 1. The SMILES string of the molecule is O=CN(CC1C=C(Br)NO1)OCc1ccccc1. The van der Waals surface area contributed by atoms with E-state index in [1.54, 1.807) is 0 Å². The van der Waals surface area contributed by atoms with Crippen LogP contribution in [0.25, 0.3) is 0 Å². The molecule has 1 heterocycles. The molecule has 2 rings (SSSR count). The molecule has 6 heteroatoms. The van der Waals surface area contributed by atoms with Crippen molar-refractivity contribution in [2.45, 2.75) is 12.7 Å². The van der Waals surface area contributed by atoms with Crippen molar-refractivity contribution in [2.75, 3.05) is 6.54 Å². The van der Waals surface area contributed by atoms with Crippen LogP contribution in [0.15, 0.2) is 41.0 Å². The third-order valence-electron chi connectivity index (χ3n) is 2.36.